The molecule has 1 aliphatic rings. The van der Waals surface area contributed by atoms with E-state index in [9.17, 15) is 0 Å². The van der Waals surface area contributed by atoms with E-state index in [1.54, 1.807) is 0 Å². The van der Waals surface area contributed by atoms with Gasteiger partial charge in [-0.3, -0.25) is 0 Å². The summed E-state index contributed by atoms with van der Waals surface area (Å²) in [5.74, 6) is 0.856. The molecule has 2 unspecified atom stereocenters. The monoisotopic (exact) mass is 248 g/mol. The standard InChI is InChI=1S/C11H21BrO/c1-2-13-9-8-10-6-4-3-5-7-11(10)12/h10-11H,2-9H2,1H3. The molecule has 0 bridgehead atoms. The number of rotatable bonds is 4. The van der Waals surface area contributed by atoms with Crippen LogP contribution in [0.3, 0.4) is 0 Å². The number of hydrogen-bond donors (Lipinski definition) is 0. The SMILES string of the molecule is CCOCCC1CCCCCC1Br. The fourth-order valence-electron chi connectivity index (χ4n) is 2.04. The van der Waals surface area contributed by atoms with Crippen LogP contribution in [0, 0.1) is 5.92 Å². The van der Waals surface area contributed by atoms with Crippen LogP contribution < -0.4 is 0 Å². The van der Waals surface area contributed by atoms with Crippen molar-refractivity contribution >= 4 is 15.9 Å². The Bertz CT molecular complexity index is 127. The molecule has 2 heteroatoms. The van der Waals surface area contributed by atoms with Gasteiger partial charge < -0.3 is 4.74 Å². The Morgan fingerprint density at radius 1 is 1.23 bits per heavy atom. The van der Waals surface area contributed by atoms with Gasteiger partial charge in [0.25, 0.3) is 0 Å². The van der Waals surface area contributed by atoms with Gasteiger partial charge in [-0.2, -0.15) is 0 Å². The molecule has 0 saturated heterocycles. The molecule has 1 rings (SSSR count). The number of ether oxygens (including phenoxy) is 1. The summed E-state index contributed by atoms with van der Waals surface area (Å²) in [5.41, 5.74) is 0. The van der Waals surface area contributed by atoms with Gasteiger partial charge in [-0.05, 0) is 32.1 Å². The smallest absolute Gasteiger partial charge is 0.0468 e. The molecule has 1 saturated carbocycles. The lowest BCUT2D eigenvalue weighted by atomic mass is 9.97. The molecular weight excluding hydrogens is 228 g/mol. The Morgan fingerprint density at radius 2 is 2.00 bits per heavy atom. The molecule has 0 aromatic heterocycles. The van der Waals surface area contributed by atoms with Crippen molar-refractivity contribution in [1.82, 2.24) is 0 Å². The van der Waals surface area contributed by atoms with Gasteiger partial charge in [0.1, 0.15) is 0 Å². The predicted molar refractivity (Wildman–Crippen MR) is 60.4 cm³/mol. The van der Waals surface area contributed by atoms with E-state index in [1.807, 2.05) is 0 Å². The average molecular weight is 249 g/mol. The summed E-state index contributed by atoms with van der Waals surface area (Å²) in [4.78, 5) is 0.746. The first-order valence-corrected chi connectivity index (χ1v) is 6.48. The summed E-state index contributed by atoms with van der Waals surface area (Å²) >= 11 is 3.80. The second-order valence-electron chi connectivity index (χ2n) is 3.90. The first-order chi connectivity index (χ1) is 6.34. The Hall–Kier alpha value is 0.440. The van der Waals surface area contributed by atoms with Crippen LogP contribution >= 0.6 is 15.9 Å². The summed E-state index contributed by atoms with van der Waals surface area (Å²) in [7, 11) is 0. The number of halogens is 1. The minimum absolute atomic E-state index is 0.746. The fourth-order valence-corrected chi connectivity index (χ4v) is 2.90. The zero-order chi connectivity index (χ0) is 9.52. The minimum Gasteiger partial charge on any atom is -0.382 e. The largest absolute Gasteiger partial charge is 0.382 e. The zero-order valence-corrected chi connectivity index (χ0v) is 10.2. The highest BCUT2D eigenvalue weighted by atomic mass is 79.9. The third-order valence-corrected chi connectivity index (χ3v) is 4.11. The van der Waals surface area contributed by atoms with Crippen molar-refractivity contribution in [1.29, 1.82) is 0 Å². The van der Waals surface area contributed by atoms with Gasteiger partial charge in [0.05, 0.1) is 0 Å². The highest BCUT2D eigenvalue weighted by molar-refractivity contribution is 9.09. The molecule has 2 atom stereocenters. The second kappa shape index (κ2) is 6.83. The van der Waals surface area contributed by atoms with Crippen molar-refractivity contribution in [2.24, 2.45) is 5.92 Å². The highest BCUT2D eigenvalue weighted by Crippen LogP contribution is 2.30. The van der Waals surface area contributed by atoms with Crippen molar-refractivity contribution in [2.75, 3.05) is 13.2 Å². The molecule has 0 spiro atoms. The molecule has 78 valence electrons. The molecule has 0 aromatic rings. The first kappa shape index (κ1) is 11.5. The third kappa shape index (κ3) is 4.46. The Labute approximate surface area is 90.4 Å². The maximum atomic E-state index is 5.40. The summed E-state index contributed by atoms with van der Waals surface area (Å²) in [6, 6.07) is 0. The van der Waals surface area contributed by atoms with E-state index in [1.165, 1.54) is 38.5 Å². The van der Waals surface area contributed by atoms with Crippen molar-refractivity contribution in [3.05, 3.63) is 0 Å². The lowest BCUT2D eigenvalue weighted by molar-refractivity contribution is 0.130. The molecule has 0 aromatic carbocycles. The molecule has 13 heavy (non-hydrogen) atoms. The minimum atomic E-state index is 0.746. The van der Waals surface area contributed by atoms with E-state index in [4.69, 9.17) is 4.74 Å². The lowest BCUT2D eigenvalue weighted by Gasteiger charge is -2.19. The quantitative estimate of drug-likeness (QED) is 0.419. The van der Waals surface area contributed by atoms with E-state index in [-0.39, 0.29) is 0 Å². The topological polar surface area (TPSA) is 9.23 Å². The van der Waals surface area contributed by atoms with Gasteiger partial charge >= 0.3 is 0 Å². The van der Waals surface area contributed by atoms with E-state index in [0.717, 1.165) is 24.0 Å². The van der Waals surface area contributed by atoms with Crippen LogP contribution in [-0.2, 0) is 4.74 Å². The fraction of sp³-hybridized carbons (Fsp3) is 1.00. The van der Waals surface area contributed by atoms with Crippen LogP contribution in [0.15, 0.2) is 0 Å². The molecule has 1 aliphatic carbocycles. The Morgan fingerprint density at radius 3 is 2.77 bits per heavy atom. The molecule has 0 aliphatic heterocycles. The Balaban J connectivity index is 2.19. The molecule has 0 heterocycles. The van der Waals surface area contributed by atoms with Gasteiger partial charge in [0.2, 0.25) is 0 Å². The molecule has 0 N–H and O–H groups in total. The summed E-state index contributed by atoms with van der Waals surface area (Å²) in [6.45, 7) is 3.88. The van der Waals surface area contributed by atoms with Gasteiger partial charge in [0.15, 0.2) is 0 Å². The number of hydrogen-bond acceptors (Lipinski definition) is 1. The predicted octanol–water partition coefficient (Wildman–Crippen LogP) is 3.76. The molecule has 0 radical (unpaired) electrons. The maximum Gasteiger partial charge on any atom is 0.0468 e. The van der Waals surface area contributed by atoms with Crippen LogP contribution in [0.1, 0.15) is 45.4 Å². The van der Waals surface area contributed by atoms with Crippen LogP contribution in [-0.4, -0.2) is 18.0 Å². The summed E-state index contributed by atoms with van der Waals surface area (Å²) in [5, 5.41) is 0. The molecule has 0 amide bonds. The summed E-state index contributed by atoms with van der Waals surface area (Å²) in [6.07, 6.45) is 8.23. The van der Waals surface area contributed by atoms with Gasteiger partial charge in [-0.15, -0.1) is 0 Å². The zero-order valence-electron chi connectivity index (χ0n) is 8.60. The van der Waals surface area contributed by atoms with E-state index in [2.05, 4.69) is 22.9 Å². The van der Waals surface area contributed by atoms with Crippen molar-refractivity contribution < 1.29 is 4.74 Å². The average Bonchev–Trinajstić information content (AvgIpc) is 2.32. The van der Waals surface area contributed by atoms with Crippen LogP contribution in [0.4, 0.5) is 0 Å². The van der Waals surface area contributed by atoms with Crippen molar-refractivity contribution in [3.63, 3.8) is 0 Å². The Kier molecular flexibility index (Phi) is 6.05. The van der Waals surface area contributed by atoms with E-state index >= 15 is 0 Å². The van der Waals surface area contributed by atoms with E-state index in [0.29, 0.717) is 0 Å². The molecular formula is C11H21BrO. The first-order valence-electron chi connectivity index (χ1n) is 5.56. The summed E-state index contributed by atoms with van der Waals surface area (Å²) < 4.78 is 5.40. The maximum absolute atomic E-state index is 5.40. The van der Waals surface area contributed by atoms with Gasteiger partial charge in [-0.25, -0.2) is 0 Å². The second-order valence-corrected chi connectivity index (χ2v) is 5.08. The molecule has 1 fully saturated rings. The molecule has 1 nitrogen and oxygen atoms in total. The van der Waals surface area contributed by atoms with E-state index < -0.39 is 0 Å². The van der Waals surface area contributed by atoms with Crippen LogP contribution in [0.5, 0.6) is 0 Å². The van der Waals surface area contributed by atoms with Crippen molar-refractivity contribution in [2.45, 2.75) is 50.3 Å². The van der Waals surface area contributed by atoms with Gasteiger partial charge in [0, 0.05) is 18.0 Å². The number of alkyl halides is 1. The third-order valence-electron chi connectivity index (χ3n) is 2.90. The normalized spacial score (nSPS) is 30.0. The van der Waals surface area contributed by atoms with Crippen molar-refractivity contribution in [3.8, 4) is 0 Å². The highest BCUT2D eigenvalue weighted by Gasteiger charge is 2.20. The van der Waals surface area contributed by atoms with Gasteiger partial charge in [-0.1, -0.05) is 35.2 Å². The van der Waals surface area contributed by atoms with Crippen LogP contribution in [0.2, 0.25) is 0 Å². The van der Waals surface area contributed by atoms with Crippen LogP contribution in [0.25, 0.3) is 0 Å². The lowest BCUT2D eigenvalue weighted by Crippen LogP contribution is -2.15.